The van der Waals surface area contributed by atoms with Gasteiger partial charge in [0.05, 0.1) is 0 Å². The van der Waals surface area contributed by atoms with Gasteiger partial charge in [-0.05, 0) is 74.1 Å². The Labute approximate surface area is 191 Å². The maximum Gasteiger partial charge on any atom is 0.0499 e. The highest BCUT2D eigenvalue weighted by Crippen LogP contribution is 2.31. The van der Waals surface area contributed by atoms with Gasteiger partial charge in [0.2, 0.25) is 0 Å². The molecule has 0 amide bonds. The first-order valence-corrected chi connectivity index (χ1v) is 11.6. The molecule has 152 valence electrons. The van der Waals surface area contributed by atoms with E-state index in [0.29, 0.717) is 11.1 Å². The monoisotopic (exact) mass is 490 g/mol. The average Bonchev–Trinajstić information content (AvgIpc) is 2.70. The lowest BCUT2D eigenvalue weighted by Crippen LogP contribution is -2.44. The van der Waals surface area contributed by atoms with Gasteiger partial charge in [0.15, 0.2) is 0 Å². The number of rotatable bonds is 4. The van der Waals surface area contributed by atoms with Gasteiger partial charge in [-0.25, -0.2) is 0 Å². The summed E-state index contributed by atoms with van der Waals surface area (Å²) in [6, 6.07) is 12.7. The number of halogens is 3. The highest BCUT2D eigenvalue weighted by Gasteiger charge is 2.28. The Kier molecular flexibility index (Phi) is 6.41. The van der Waals surface area contributed by atoms with Crippen LogP contribution in [0.25, 0.3) is 5.70 Å². The summed E-state index contributed by atoms with van der Waals surface area (Å²) in [7, 11) is 0. The molecule has 1 aliphatic carbocycles. The van der Waals surface area contributed by atoms with Gasteiger partial charge in [0.1, 0.15) is 0 Å². The van der Waals surface area contributed by atoms with Crippen LogP contribution in [0.4, 0.5) is 0 Å². The number of benzene rings is 2. The summed E-state index contributed by atoms with van der Waals surface area (Å²) >= 11 is 16.2. The lowest BCUT2D eigenvalue weighted by atomic mass is 9.86. The number of nitrogens with zero attached hydrogens (tertiary/aromatic N) is 1. The molecule has 1 aliphatic heterocycles. The van der Waals surface area contributed by atoms with E-state index in [2.05, 4.69) is 51.8 Å². The molecule has 2 aromatic rings. The Morgan fingerprint density at radius 2 is 1.97 bits per heavy atom. The zero-order chi connectivity index (χ0) is 20.5. The van der Waals surface area contributed by atoms with Gasteiger partial charge in [-0.3, -0.25) is 4.90 Å². The molecule has 4 rings (SSSR count). The molecule has 0 saturated carbocycles. The SMILES string of the molecule is C=C(NC1=C(C)CCN(C2CCc3ccc(Cl)cc3C2)C1)c1cc(Br)ccc1Cl. The Morgan fingerprint density at radius 1 is 1.14 bits per heavy atom. The van der Waals surface area contributed by atoms with Gasteiger partial charge in [0.25, 0.3) is 0 Å². The zero-order valence-electron chi connectivity index (χ0n) is 16.6. The minimum Gasteiger partial charge on any atom is -0.358 e. The lowest BCUT2D eigenvalue weighted by Gasteiger charge is -2.39. The van der Waals surface area contributed by atoms with Gasteiger partial charge in [-0.15, -0.1) is 0 Å². The third-order valence-electron chi connectivity index (χ3n) is 6.09. The molecule has 0 saturated heterocycles. The van der Waals surface area contributed by atoms with Crippen molar-refractivity contribution in [3.63, 3.8) is 0 Å². The number of hydrogen-bond acceptors (Lipinski definition) is 2. The molecular weight excluding hydrogens is 467 g/mol. The van der Waals surface area contributed by atoms with E-state index < -0.39 is 0 Å². The van der Waals surface area contributed by atoms with Crippen LogP contribution in [0.1, 0.15) is 36.5 Å². The van der Waals surface area contributed by atoms with Crippen molar-refractivity contribution in [2.45, 2.75) is 38.6 Å². The molecule has 2 aliphatic rings. The molecule has 1 N–H and O–H groups in total. The fourth-order valence-electron chi connectivity index (χ4n) is 4.33. The Hall–Kier alpha value is -1.26. The van der Waals surface area contributed by atoms with E-state index in [0.717, 1.165) is 53.1 Å². The van der Waals surface area contributed by atoms with Crippen molar-refractivity contribution in [1.82, 2.24) is 10.2 Å². The topological polar surface area (TPSA) is 15.3 Å². The Balaban J connectivity index is 1.47. The predicted octanol–water partition coefficient (Wildman–Crippen LogP) is 6.85. The summed E-state index contributed by atoms with van der Waals surface area (Å²) in [5.74, 6) is 0. The third kappa shape index (κ3) is 4.74. The van der Waals surface area contributed by atoms with Crippen molar-refractivity contribution in [3.05, 3.63) is 85.5 Å². The minimum atomic E-state index is 0.550. The van der Waals surface area contributed by atoms with Crippen molar-refractivity contribution in [3.8, 4) is 0 Å². The molecule has 1 unspecified atom stereocenters. The molecule has 2 aromatic carbocycles. The fraction of sp³-hybridized carbons (Fsp3) is 0.333. The van der Waals surface area contributed by atoms with Crippen molar-refractivity contribution >= 4 is 44.8 Å². The quantitative estimate of drug-likeness (QED) is 0.502. The molecular formula is C24H25BrCl2N2. The van der Waals surface area contributed by atoms with E-state index >= 15 is 0 Å². The van der Waals surface area contributed by atoms with Crippen molar-refractivity contribution in [2.24, 2.45) is 0 Å². The van der Waals surface area contributed by atoms with Crippen LogP contribution in [0.3, 0.4) is 0 Å². The van der Waals surface area contributed by atoms with Gasteiger partial charge in [-0.2, -0.15) is 0 Å². The van der Waals surface area contributed by atoms with E-state index in [1.54, 1.807) is 0 Å². The largest absolute Gasteiger partial charge is 0.358 e. The van der Waals surface area contributed by atoms with E-state index in [1.165, 1.54) is 28.8 Å². The molecule has 0 bridgehead atoms. The molecule has 0 fully saturated rings. The smallest absolute Gasteiger partial charge is 0.0499 e. The van der Waals surface area contributed by atoms with Crippen molar-refractivity contribution in [2.75, 3.05) is 13.1 Å². The van der Waals surface area contributed by atoms with Crippen LogP contribution >= 0.6 is 39.1 Å². The maximum atomic E-state index is 6.40. The van der Waals surface area contributed by atoms with Crippen molar-refractivity contribution < 1.29 is 0 Å². The van der Waals surface area contributed by atoms with E-state index in [1.807, 2.05) is 24.3 Å². The molecule has 29 heavy (non-hydrogen) atoms. The fourth-order valence-corrected chi connectivity index (χ4v) is 5.12. The summed E-state index contributed by atoms with van der Waals surface area (Å²) in [4.78, 5) is 2.61. The summed E-state index contributed by atoms with van der Waals surface area (Å²) in [6.07, 6.45) is 4.46. The second-order valence-electron chi connectivity index (χ2n) is 8.02. The second kappa shape index (κ2) is 8.85. The minimum absolute atomic E-state index is 0.550. The van der Waals surface area contributed by atoms with Crippen LogP contribution in [0.5, 0.6) is 0 Å². The van der Waals surface area contributed by atoms with E-state index in [-0.39, 0.29) is 0 Å². The molecule has 2 nitrogen and oxygen atoms in total. The van der Waals surface area contributed by atoms with E-state index in [9.17, 15) is 0 Å². The van der Waals surface area contributed by atoms with Crippen LogP contribution in [-0.2, 0) is 12.8 Å². The predicted molar refractivity (Wildman–Crippen MR) is 127 cm³/mol. The van der Waals surface area contributed by atoms with Crippen molar-refractivity contribution in [1.29, 1.82) is 0 Å². The summed E-state index contributed by atoms with van der Waals surface area (Å²) in [5, 5.41) is 5.11. The lowest BCUT2D eigenvalue weighted by molar-refractivity contribution is 0.185. The first kappa shape index (κ1) is 21.0. The number of nitrogens with one attached hydrogen (secondary N) is 1. The normalized spacial score (nSPS) is 19.8. The maximum absolute atomic E-state index is 6.40. The summed E-state index contributed by atoms with van der Waals surface area (Å²) < 4.78 is 0.996. The van der Waals surface area contributed by atoms with Crippen LogP contribution in [0.2, 0.25) is 10.0 Å². The van der Waals surface area contributed by atoms with Gasteiger partial charge >= 0.3 is 0 Å². The Morgan fingerprint density at radius 3 is 2.79 bits per heavy atom. The van der Waals surface area contributed by atoms with Gasteiger partial charge in [-0.1, -0.05) is 57.4 Å². The Bertz CT molecular complexity index is 983. The first-order chi connectivity index (χ1) is 13.9. The zero-order valence-corrected chi connectivity index (χ0v) is 19.7. The standard InChI is InChI=1S/C24H25BrCl2N2/c1-15-9-10-29(21-7-4-17-3-6-20(26)11-18(17)12-21)14-24(15)28-16(2)22-13-19(25)5-8-23(22)27/h3,5-6,8,11,13,21,28H,2,4,7,9-10,12,14H2,1H3. The van der Waals surface area contributed by atoms with Crippen LogP contribution in [0.15, 0.2) is 58.7 Å². The van der Waals surface area contributed by atoms with Gasteiger partial charge < -0.3 is 5.32 Å². The highest BCUT2D eigenvalue weighted by molar-refractivity contribution is 9.10. The molecule has 0 aromatic heterocycles. The number of hydrogen-bond donors (Lipinski definition) is 1. The number of aryl methyl sites for hydroxylation is 1. The second-order valence-corrected chi connectivity index (χ2v) is 9.78. The summed E-state index contributed by atoms with van der Waals surface area (Å²) in [6.45, 7) is 8.48. The number of fused-ring (bicyclic) bond motifs is 1. The molecule has 0 radical (unpaired) electrons. The molecule has 5 heteroatoms. The van der Waals surface area contributed by atoms with Crippen LogP contribution in [-0.4, -0.2) is 24.0 Å². The molecule has 1 heterocycles. The molecule has 0 spiro atoms. The van der Waals surface area contributed by atoms with E-state index in [4.69, 9.17) is 23.2 Å². The summed E-state index contributed by atoms with van der Waals surface area (Å²) in [5.41, 5.74) is 7.26. The van der Waals surface area contributed by atoms with Crippen LogP contribution in [0, 0.1) is 0 Å². The average molecular weight is 492 g/mol. The van der Waals surface area contributed by atoms with Gasteiger partial charge in [0, 0.05) is 50.6 Å². The molecule has 1 atom stereocenters. The van der Waals surface area contributed by atoms with Crippen LogP contribution < -0.4 is 5.32 Å². The first-order valence-electron chi connectivity index (χ1n) is 10.0. The highest BCUT2D eigenvalue weighted by atomic mass is 79.9. The third-order valence-corrected chi connectivity index (χ3v) is 7.15.